The summed E-state index contributed by atoms with van der Waals surface area (Å²) in [4.78, 5) is 9.85. The van der Waals surface area contributed by atoms with Crippen LogP contribution in [0.25, 0.3) is 0 Å². The zero-order chi connectivity index (χ0) is 9.14. The summed E-state index contributed by atoms with van der Waals surface area (Å²) >= 11 is 6.58. The quantitative estimate of drug-likeness (QED) is 0.477. The van der Waals surface area contributed by atoms with Crippen LogP contribution in [0.1, 0.15) is 9.30 Å². The lowest BCUT2D eigenvalue weighted by atomic mass is 10.2. The van der Waals surface area contributed by atoms with Crippen molar-refractivity contribution >= 4 is 37.5 Å². The summed E-state index contributed by atoms with van der Waals surface area (Å²) in [5.41, 5.74) is 1.07. The maximum Gasteiger partial charge on any atom is 0.269 e. The molecule has 0 bridgehead atoms. The molecule has 0 saturated heterocycles. The number of hydrogen-bond acceptors (Lipinski definition) is 2. The van der Waals surface area contributed by atoms with Crippen molar-refractivity contribution < 1.29 is 4.92 Å². The molecule has 0 aliphatic heterocycles. The van der Waals surface area contributed by atoms with E-state index < -0.39 is 4.92 Å². The molecule has 1 rings (SSSR count). The van der Waals surface area contributed by atoms with Crippen molar-refractivity contribution in [3.63, 3.8) is 0 Å². The fraction of sp³-hybridized carbons (Fsp3) is 0.143. The van der Waals surface area contributed by atoms with Crippen LogP contribution in [0.4, 0.5) is 5.69 Å². The highest BCUT2D eigenvalue weighted by molar-refractivity contribution is 9.24. The first-order chi connectivity index (χ1) is 5.61. The van der Waals surface area contributed by atoms with Gasteiger partial charge in [-0.15, -0.1) is 0 Å². The summed E-state index contributed by atoms with van der Waals surface area (Å²) in [5.74, 6) is 0. The Morgan fingerprint density at radius 2 is 1.75 bits per heavy atom. The van der Waals surface area contributed by atoms with Crippen LogP contribution in [0.3, 0.4) is 0 Å². The lowest BCUT2D eigenvalue weighted by Crippen LogP contribution is -1.87. The average molecular weight is 295 g/mol. The Hall–Kier alpha value is -0.420. The van der Waals surface area contributed by atoms with Gasteiger partial charge >= 0.3 is 0 Å². The van der Waals surface area contributed by atoms with Gasteiger partial charge in [0, 0.05) is 12.1 Å². The smallest absolute Gasteiger partial charge is 0.258 e. The van der Waals surface area contributed by atoms with E-state index in [4.69, 9.17) is 0 Å². The second-order valence-corrected chi connectivity index (χ2v) is 5.21. The van der Waals surface area contributed by atoms with Crippen molar-refractivity contribution in [3.8, 4) is 0 Å². The summed E-state index contributed by atoms with van der Waals surface area (Å²) in [6.07, 6.45) is 0. The SMILES string of the molecule is O=[N+]([O-])c1ccc(C(Br)Br)cc1. The number of halogens is 2. The Morgan fingerprint density at radius 1 is 1.25 bits per heavy atom. The Bertz CT molecular complexity index is 284. The van der Waals surface area contributed by atoms with Crippen molar-refractivity contribution in [3.05, 3.63) is 39.9 Å². The van der Waals surface area contributed by atoms with Crippen molar-refractivity contribution in [1.29, 1.82) is 0 Å². The maximum absolute atomic E-state index is 10.3. The summed E-state index contributed by atoms with van der Waals surface area (Å²) in [5, 5.41) is 10.3. The Kier molecular flexibility index (Phi) is 3.22. The first kappa shape index (κ1) is 9.67. The van der Waals surface area contributed by atoms with E-state index in [1.807, 2.05) is 0 Å². The van der Waals surface area contributed by atoms with Crippen molar-refractivity contribution in [1.82, 2.24) is 0 Å². The first-order valence-corrected chi connectivity index (χ1v) is 4.97. The van der Waals surface area contributed by atoms with Gasteiger partial charge in [-0.2, -0.15) is 0 Å². The maximum atomic E-state index is 10.3. The van der Waals surface area contributed by atoms with Gasteiger partial charge < -0.3 is 0 Å². The molecule has 1 aromatic carbocycles. The van der Waals surface area contributed by atoms with Gasteiger partial charge in [-0.05, 0) is 5.56 Å². The van der Waals surface area contributed by atoms with E-state index in [0.717, 1.165) is 5.56 Å². The fourth-order valence-electron chi connectivity index (χ4n) is 0.742. The van der Waals surface area contributed by atoms with Crippen LogP contribution in [0.2, 0.25) is 0 Å². The van der Waals surface area contributed by atoms with Gasteiger partial charge in [0.25, 0.3) is 5.69 Å². The summed E-state index contributed by atoms with van der Waals surface area (Å²) < 4.78 is 0.0470. The van der Waals surface area contributed by atoms with Crippen LogP contribution in [0.15, 0.2) is 24.3 Å². The molecular weight excluding hydrogens is 290 g/mol. The zero-order valence-corrected chi connectivity index (χ0v) is 9.08. The summed E-state index contributed by atoms with van der Waals surface area (Å²) in [6.45, 7) is 0. The van der Waals surface area contributed by atoms with E-state index in [2.05, 4.69) is 31.9 Å². The van der Waals surface area contributed by atoms with Gasteiger partial charge in [-0.3, -0.25) is 10.1 Å². The number of hydrogen-bond donors (Lipinski definition) is 0. The molecule has 0 amide bonds. The number of nitro benzene ring substituents is 1. The molecule has 1 aromatic rings. The average Bonchev–Trinajstić information content (AvgIpc) is 2.04. The molecule has 0 atom stereocenters. The van der Waals surface area contributed by atoms with Crippen molar-refractivity contribution in [2.75, 3.05) is 0 Å². The molecule has 0 aliphatic carbocycles. The van der Waals surface area contributed by atoms with Crippen LogP contribution in [0.5, 0.6) is 0 Å². The predicted octanol–water partition coefficient (Wildman–Crippen LogP) is 3.38. The van der Waals surface area contributed by atoms with Crippen LogP contribution in [-0.2, 0) is 0 Å². The lowest BCUT2D eigenvalue weighted by Gasteiger charge is -1.99. The van der Waals surface area contributed by atoms with E-state index in [1.165, 1.54) is 12.1 Å². The van der Waals surface area contributed by atoms with Crippen LogP contribution < -0.4 is 0 Å². The first-order valence-electron chi connectivity index (χ1n) is 3.14. The molecule has 12 heavy (non-hydrogen) atoms. The summed E-state index contributed by atoms with van der Waals surface area (Å²) in [6, 6.07) is 6.36. The minimum Gasteiger partial charge on any atom is -0.258 e. The monoisotopic (exact) mass is 293 g/mol. The molecule has 0 aliphatic rings. The molecule has 0 fully saturated rings. The molecule has 0 unspecified atom stereocenters. The lowest BCUT2D eigenvalue weighted by molar-refractivity contribution is -0.384. The summed E-state index contributed by atoms with van der Waals surface area (Å²) in [7, 11) is 0. The topological polar surface area (TPSA) is 43.1 Å². The molecule has 0 spiro atoms. The Morgan fingerprint density at radius 3 is 2.08 bits per heavy atom. The molecular formula is C7H5Br2NO2. The molecule has 0 saturated carbocycles. The molecule has 0 aromatic heterocycles. The van der Waals surface area contributed by atoms with E-state index >= 15 is 0 Å². The van der Waals surface area contributed by atoms with Gasteiger partial charge in [0.2, 0.25) is 0 Å². The van der Waals surface area contributed by atoms with E-state index in [0.29, 0.717) is 0 Å². The van der Waals surface area contributed by atoms with Crippen LogP contribution >= 0.6 is 31.9 Å². The number of alkyl halides is 2. The highest BCUT2D eigenvalue weighted by Crippen LogP contribution is 2.29. The van der Waals surface area contributed by atoms with Gasteiger partial charge in [0.15, 0.2) is 0 Å². The third-order valence-corrected chi connectivity index (χ3v) is 2.41. The van der Waals surface area contributed by atoms with Gasteiger partial charge in [-0.1, -0.05) is 44.0 Å². The normalized spacial score (nSPS) is 10.2. The minimum atomic E-state index is -0.415. The molecule has 0 radical (unpaired) electrons. The third kappa shape index (κ3) is 2.28. The minimum absolute atomic E-state index is 0.0470. The van der Waals surface area contributed by atoms with Crippen molar-refractivity contribution in [2.24, 2.45) is 0 Å². The van der Waals surface area contributed by atoms with Gasteiger partial charge in [-0.25, -0.2) is 0 Å². The highest BCUT2D eigenvalue weighted by atomic mass is 79.9. The third-order valence-electron chi connectivity index (χ3n) is 1.36. The second-order valence-electron chi connectivity index (χ2n) is 2.15. The second kappa shape index (κ2) is 4.00. The fourth-order valence-corrected chi connectivity index (χ4v) is 1.35. The predicted molar refractivity (Wildman–Crippen MR) is 53.7 cm³/mol. The van der Waals surface area contributed by atoms with Crippen molar-refractivity contribution in [2.45, 2.75) is 3.74 Å². The van der Waals surface area contributed by atoms with Crippen LogP contribution in [0, 0.1) is 10.1 Å². The van der Waals surface area contributed by atoms with E-state index in [9.17, 15) is 10.1 Å². The zero-order valence-electron chi connectivity index (χ0n) is 5.91. The van der Waals surface area contributed by atoms with Crippen LogP contribution in [-0.4, -0.2) is 4.92 Å². The molecule has 0 N–H and O–H groups in total. The Labute approximate surface area is 86.2 Å². The highest BCUT2D eigenvalue weighted by Gasteiger charge is 2.06. The molecule has 64 valence electrons. The molecule has 0 heterocycles. The van der Waals surface area contributed by atoms with Gasteiger partial charge in [0.05, 0.1) is 8.66 Å². The number of nitro groups is 1. The number of non-ortho nitro benzene ring substituents is 1. The number of rotatable bonds is 2. The number of nitrogens with zero attached hydrogens (tertiary/aromatic N) is 1. The van der Waals surface area contributed by atoms with E-state index in [-0.39, 0.29) is 9.42 Å². The van der Waals surface area contributed by atoms with E-state index in [1.54, 1.807) is 12.1 Å². The Balaban J connectivity index is 2.93. The van der Waals surface area contributed by atoms with Gasteiger partial charge in [0.1, 0.15) is 0 Å². The molecule has 5 heteroatoms. The number of benzene rings is 1. The molecule has 3 nitrogen and oxygen atoms in total. The largest absolute Gasteiger partial charge is 0.269 e. The standard InChI is InChI=1S/C7H5Br2NO2/c8-7(9)5-1-3-6(4-2-5)10(11)12/h1-4,7H.